The molecule has 0 saturated carbocycles. The molecule has 0 aliphatic heterocycles. The molecule has 0 spiro atoms. The first kappa shape index (κ1) is 17.0. The summed E-state index contributed by atoms with van der Waals surface area (Å²) in [6.07, 6.45) is 0. The van der Waals surface area contributed by atoms with Crippen LogP contribution in [0.1, 0.15) is 15.9 Å². The van der Waals surface area contributed by atoms with Crippen LogP contribution in [0.25, 0.3) is 0 Å². The van der Waals surface area contributed by atoms with E-state index in [4.69, 9.17) is 47.0 Å². The minimum atomic E-state index is -0.379. The van der Waals surface area contributed by atoms with Gasteiger partial charge in [0.15, 0.2) is 5.11 Å². The first-order valence-electron chi connectivity index (χ1n) is 6.20. The van der Waals surface area contributed by atoms with Crippen LogP contribution < -0.4 is 10.6 Å². The molecule has 0 aromatic heterocycles. The Morgan fingerprint density at radius 1 is 1.05 bits per heavy atom. The predicted octanol–water partition coefficient (Wildman–Crippen LogP) is 5.08. The van der Waals surface area contributed by atoms with E-state index in [9.17, 15) is 4.79 Å². The fraction of sp³-hybridized carbons (Fsp3) is 0.0667. The molecule has 0 aliphatic rings. The monoisotopic (exact) mass is 372 g/mol. The molecule has 2 aromatic rings. The molecule has 0 saturated heterocycles. The van der Waals surface area contributed by atoms with Crippen LogP contribution in [0, 0.1) is 6.92 Å². The van der Waals surface area contributed by atoms with Gasteiger partial charge in [-0.1, -0.05) is 40.9 Å². The zero-order valence-corrected chi connectivity index (χ0v) is 14.5. The molecule has 7 heteroatoms. The van der Waals surface area contributed by atoms with Gasteiger partial charge < -0.3 is 5.32 Å². The quantitative estimate of drug-likeness (QED) is 0.721. The second kappa shape index (κ2) is 7.29. The van der Waals surface area contributed by atoms with E-state index in [2.05, 4.69) is 10.6 Å². The summed E-state index contributed by atoms with van der Waals surface area (Å²) in [4.78, 5) is 12.1. The molecule has 0 atom stereocenters. The van der Waals surface area contributed by atoms with Crippen LogP contribution in [0.2, 0.25) is 15.1 Å². The number of rotatable bonds is 2. The van der Waals surface area contributed by atoms with E-state index in [1.54, 1.807) is 24.3 Å². The fourth-order valence-corrected chi connectivity index (χ4v) is 2.37. The minimum Gasteiger partial charge on any atom is -0.332 e. The van der Waals surface area contributed by atoms with Crippen molar-refractivity contribution in [3.8, 4) is 0 Å². The number of aryl methyl sites for hydroxylation is 1. The van der Waals surface area contributed by atoms with E-state index in [0.29, 0.717) is 20.6 Å². The Labute approximate surface area is 148 Å². The van der Waals surface area contributed by atoms with Crippen LogP contribution in [0.4, 0.5) is 5.69 Å². The molecular formula is C15H11Cl3N2OS. The number of halogens is 3. The summed E-state index contributed by atoms with van der Waals surface area (Å²) in [6.45, 7) is 1.90. The van der Waals surface area contributed by atoms with Gasteiger partial charge in [0.25, 0.3) is 5.91 Å². The molecule has 0 bridgehead atoms. The van der Waals surface area contributed by atoms with Gasteiger partial charge in [-0.15, -0.1) is 0 Å². The molecular weight excluding hydrogens is 363 g/mol. The van der Waals surface area contributed by atoms with Gasteiger partial charge in [-0.2, -0.15) is 0 Å². The lowest BCUT2D eigenvalue weighted by atomic mass is 10.2. The van der Waals surface area contributed by atoms with Crippen molar-refractivity contribution >= 4 is 63.7 Å². The van der Waals surface area contributed by atoms with Crippen molar-refractivity contribution in [2.24, 2.45) is 0 Å². The number of amides is 1. The number of hydrogen-bond donors (Lipinski definition) is 2. The maximum absolute atomic E-state index is 12.1. The lowest BCUT2D eigenvalue weighted by molar-refractivity contribution is 0.0978. The zero-order chi connectivity index (χ0) is 16.3. The van der Waals surface area contributed by atoms with Gasteiger partial charge in [0.1, 0.15) is 0 Å². The highest BCUT2D eigenvalue weighted by atomic mass is 35.5. The summed E-state index contributed by atoms with van der Waals surface area (Å²) >= 11 is 22.8. The maximum atomic E-state index is 12.1. The molecule has 1 amide bonds. The molecule has 114 valence electrons. The number of hydrogen-bond acceptors (Lipinski definition) is 2. The van der Waals surface area contributed by atoms with Crippen molar-refractivity contribution < 1.29 is 4.79 Å². The number of anilines is 1. The highest BCUT2D eigenvalue weighted by Crippen LogP contribution is 2.23. The average molecular weight is 374 g/mol. The number of nitrogens with one attached hydrogen (secondary N) is 2. The summed E-state index contributed by atoms with van der Waals surface area (Å²) < 4.78 is 0. The van der Waals surface area contributed by atoms with Crippen LogP contribution in [0.3, 0.4) is 0 Å². The molecule has 2 rings (SSSR count). The van der Waals surface area contributed by atoms with Gasteiger partial charge in [-0.05, 0) is 55.0 Å². The molecule has 3 nitrogen and oxygen atoms in total. The van der Waals surface area contributed by atoms with Crippen LogP contribution in [-0.2, 0) is 0 Å². The third kappa shape index (κ3) is 4.34. The molecule has 22 heavy (non-hydrogen) atoms. The van der Waals surface area contributed by atoms with Gasteiger partial charge in [-0.3, -0.25) is 10.1 Å². The van der Waals surface area contributed by atoms with E-state index in [-0.39, 0.29) is 11.0 Å². The number of thiocarbonyl (C=S) groups is 1. The topological polar surface area (TPSA) is 41.1 Å². The number of benzene rings is 2. The van der Waals surface area contributed by atoms with E-state index in [0.717, 1.165) is 11.3 Å². The van der Waals surface area contributed by atoms with Crippen LogP contribution in [0.15, 0.2) is 36.4 Å². The Hall–Kier alpha value is -1.33. The van der Waals surface area contributed by atoms with Crippen molar-refractivity contribution in [2.45, 2.75) is 6.92 Å². The molecule has 2 aromatic carbocycles. The minimum absolute atomic E-state index is 0.168. The first-order valence-corrected chi connectivity index (χ1v) is 7.74. The Morgan fingerprint density at radius 3 is 2.45 bits per heavy atom. The lowest BCUT2D eigenvalue weighted by Gasteiger charge is -2.12. The SMILES string of the molecule is Cc1ccc(Cl)cc1NC(=S)NC(=O)c1ccc(Cl)c(Cl)c1. The maximum Gasteiger partial charge on any atom is 0.257 e. The summed E-state index contributed by atoms with van der Waals surface area (Å²) in [7, 11) is 0. The van der Waals surface area contributed by atoms with Crippen molar-refractivity contribution in [2.75, 3.05) is 5.32 Å². The zero-order valence-electron chi connectivity index (χ0n) is 11.4. The van der Waals surface area contributed by atoms with Gasteiger partial charge in [0.05, 0.1) is 10.0 Å². The summed E-state index contributed by atoms with van der Waals surface area (Å²) in [5.41, 5.74) is 2.05. The molecule has 0 aliphatic carbocycles. The van der Waals surface area contributed by atoms with E-state index in [1.807, 2.05) is 13.0 Å². The van der Waals surface area contributed by atoms with Crippen LogP contribution >= 0.6 is 47.0 Å². The second-order valence-electron chi connectivity index (χ2n) is 4.50. The standard InChI is InChI=1S/C15H11Cl3N2OS/c1-8-2-4-10(16)7-13(8)19-15(22)20-14(21)9-3-5-11(17)12(18)6-9/h2-7H,1H3,(H2,19,20,21,22). The third-order valence-electron chi connectivity index (χ3n) is 2.86. The summed E-state index contributed by atoms with van der Waals surface area (Å²) in [5.74, 6) is -0.379. The lowest BCUT2D eigenvalue weighted by Crippen LogP contribution is -2.34. The van der Waals surface area contributed by atoms with Crippen LogP contribution in [0.5, 0.6) is 0 Å². The molecule has 0 radical (unpaired) electrons. The van der Waals surface area contributed by atoms with Crippen molar-refractivity contribution in [1.82, 2.24) is 5.32 Å². The molecule has 0 fully saturated rings. The van der Waals surface area contributed by atoms with Gasteiger partial charge in [-0.25, -0.2) is 0 Å². The average Bonchev–Trinajstić information content (AvgIpc) is 2.45. The van der Waals surface area contributed by atoms with E-state index < -0.39 is 0 Å². The van der Waals surface area contributed by atoms with E-state index in [1.165, 1.54) is 6.07 Å². The van der Waals surface area contributed by atoms with Crippen molar-refractivity contribution in [1.29, 1.82) is 0 Å². The fourth-order valence-electron chi connectivity index (χ4n) is 1.70. The molecule has 2 N–H and O–H groups in total. The van der Waals surface area contributed by atoms with Crippen molar-refractivity contribution in [3.63, 3.8) is 0 Å². The second-order valence-corrected chi connectivity index (χ2v) is 6.16. The highest BCUT2D eigenvalue weighted by Gasteiger charge is 2.10. The number of carbonyl (C=O) groups excluding carboxylic acids is 1. The third-order valence-corrected chi connectivity index (χ3v) is 4.03. The smallest absolute Gasteiger partial charge is 0.257 e. The van der Waals surface area contributed by atoms with Gasteiger partial charge in [0.2, 0.25) is 0 Å². The normalized spacial score (nSPS) is 10.2. The Bertz CT molecular complexity index is 750. The summed E-state index contributed by atoms with van der Waals surface area (Å²) in [5, 5.41) is 6.94. The van der Waals surface area contributed by atoms with Gasteiger partial charge >= 0.3 is 0 Å². The predicted molar refractivity (Wildman–Crippen MR) is 96.3 cm³/mol. The molecule has 0 heterocycles. The Balaban J connectivity index is 2.06. The summed E-state index contributed by atoms with van der Waals surface area (Å²) in [6, 6.07) is 9.96. The van der Waals surface area contributed by atoms with Gasteiger partial charge in [0, 0.05) is 16.3 Å². The Kier molecular flexibility index (Phi) is 5.64. The largest absolute Gasteiger partial charge is 0.332 e. The molecule has 0 unspecified atom stereocenters. The van der Waals surface area contributed by atoms with Crippen molar-refractivity contribution in [3.05, 3.63) is 62.6 Å². The van der Waals surface area contributed by atoms with E-state index >= 15 is 0 Å². The Morgan fingerprint density at radius 2 is 1.77 bits per heavy atom. The number of carbonyl (C=O) groups is 1. The van der Waals surface area contributed by atoms with Crippen LogP contribution in [-0.4, -0.2) is 11.0 Å². The highest BCUT2D eigenvalue weighted by molar-refractivity contribution is 7.80. The first-order chi connectivity index (χ1) is 10.4.